The first-order valence-electron chi connectivity index (χ1n) is 3.44. The summed E-state index contributed by atoms with van der Waals surface area (Å²) in [5.41, 5.74) is 13.2. The number of hydrogen-bond donors (Lipinski definition) is 3. The van der Waals surface area contributed by atoms with E-state index in [4.69, 9.17) is 21.5 Å². The maximum absolute atomic E-state index is 9.11. The Labute approximate surface area is 69.9 Å². The molecule has 0 amide bonds. The minimum Gasteiger partial charge on any atom is -0.395 e. The Balaban J connectivity index is 3.73. The van der Waals surface area contributed by atoms with Gasteiger partial charge in [0.25, 0.3) is 0 Å². The second-order valence-electron chi connectivity index (χ2n) is 2.18. The van der Waals surface area contributed by atoms with E-state index in [1.807, 2.05) is 0 Å². The smallest absolute Gasteiger partial charge is 0.0894 e. The van der Waals surface area contributed by atoms with Crippen LogP contribution < -0.4 is 5.73 Å². The van der Waals surface area contributed by atoms with Gasteiger partial charge in [-0.3, -0.25) is 0 Å². The number of rotatable bonds is 5. The van der Waals surface area contributed by atoms with Gasteiger partial charge in [0.1, 0.15) is 0 Å². The zero-order valence-corrected chi connectivity index (χ0v) is 6.54. The quantitative estimate of drug-likeness (QED) is 0.225. The van der Waals surface area contributed by atoms with Crippen molar-refractivity contribution in [2.75, 3.05) is 13.2 Å². The van der Waals surface area contributed by atoms with Crippen molar-refractivity contribution in [3.05, 3.63) is 22.6 Å². The third-order valence-electron chi connectivity index (χ3n) is 1.23. The molecule has 0 unspecified atom stereocenters. The Morgan fingerprint density at radius 2 is 2.33 bits per heavy atom. The maximum Gasteiger partial charge on any atom is 0.0894 e. The van der Waals surface area contributed by atoms with E-state index < -0.39 is 12.1 Å². The van der Waals surface area contributed by atoms with Gasteiger partial charge < -0.3 is 15.9 Å². The second kappa shape index (κ2) is 6.63. The van der Waals surface area contributed by atoms with Crippen molar-refractivity contribution in [1.29, 1.82) is 0 Å². The van der Waals surface area contributed by atoms with Gasteiger partial charge >= 0.3 is 0 Å². The first-order chi connectivity index (χ1) is 5.72. The van der Waals surface area contributed by atoms with E-state index in [0.29, 0.717) is 0 Å². The summed E-state index contributed by atoms with van der Waals surface area (Å²) >= 11 is 0. The molecule has 2 atom stereocenters. The molecular formula is C6H12N4O2. The monoisotopic (exact) mass is 172 g/mol. The van der Waals surface area contributed by atoms with Crippen LogP contribution in [0.5, 0.6) is 0 Å². The van der Waals surface area contributed by atoms with E-state index in [1.165, 1.54) is 12.2 Å². The first-order valence-corrected chi connectivity index (χ1v) is 3.44. The van der Waals surface area contributed by atoms with Crippen LogP contribution in [-0.2, 0) is 0 Å². The molecular weight excluding hydrogens is 160 g/mol. The molecule has 4 N–H and O–H groups in total. The van der Waals surface area contributed by atoms with Crippen LogP contribution in [0.15, 0.2) is 17.3 Å². The van der Waals surface area contributed by atoms with Crippen LogP contribution in [0.25, 0.3) is 10.4 Å². The largest absolute Gasteiger partial charge is 0.395 e. The fraction of sp³-hybridized carbons (Fsp3) is 0.667. The lowest BCUT2D eigenvalue weighted by molar-refractivity contribution is 0.144. The molecule has 0 aromatic heterocycles. The van der Waals surface area contributed by atoms with Gasteiger partial charge in [0.15, 0.2) is 0 Å². The highest BCUT2D eigenvalue weighted by atomic mass is 16.3. The lowest BCUT2D eigenvalue weighted by Crippen LogP contribution is -2.36. The Hall–Kier alpha value is -1.07. The lowest BCUT2D eigenvalue weighted by atomic mass is 10.2. The summed E-state index contributed by atoms with van der Waals surface area (Å²) in [7, 11) is 0. The number of nitrogens with two attached hydrogens (primary N) is 1. The van der Waals surface area contributed by atoms with E-state index in [2.05, 4.69) is 10.0 Å². The molecule has 12 heavy (non-hydrogen) atoms. The van der Waals surface area contributed by atoms with Crippen molar-refractivity contribution in [3.8, 4) is 0 Å². The van der Waals surface area contributed by atoms with E-state index in [1.54, 1.807) is 0 Å². The highest BCUT2D eigenvalue weighted by Gasteiger charge is 2.08. The van der Waals surface area contributed by atoms with Crippen LogP contribution in [0.2, 0.25) is 0 Å². The zero-order valence-electron chi connectivity index (χ0n) is 6.54. The molecule has 0 saturated carbocycles. The van der Waals surface area contributed by atoms with Crippen molar-refractivity contribution >= 4 is 0 Å². The van der Waals surface area contributed by atoms with Gasteiger partial charge in [-0.15, -0.1) is 0 Å². The topological polar surface area (TPSA) is 115 Å². The minimum atomic E-state index is -0.899. The molecule has 6 heteroatoms. The molecule has 0 radical (unpaired) electrons. The van der Waals surface area contributed by atoms with E-state index in [0.717, 1.165) is 0 Å². The standard InChI is InChI=1S/C6H12N4O2/c7-5(4-11)6(12)2-1-3-9-10-8/h1-2,5-6,11-12H,3-4,7H2/b2-1+/t5-,6+/m0/s1. The van der Waals surface area contributed by atoms with Crippen LogP contribution in [0.1, 0.15) is 0 Å². The van der Waals surface area contributed by atoms with Gasteiger partial charge in [0, 0.05) is 11.5 Å². The highest BCUT2D eigenvalue weighted by Crippen LogP contribution is 1.91. The molecule has 0 saturated heterocycles. The zero-order chi connectivity index (χ0) is 9.40. The van der Waals surface area contributed by atoms with Gasteiger partial charge in [-0.1, -0.05) is 17.3 Å². The highest BCUT2D eigenvalue weighted by molar-refractivity contribution is 4.94. The number of nitrogens with zero attached hydrogens (tertiary/aromatic N) is 3. The SMILES string of the molecule is [N-]=[N+]=NC/C=C/[C@@H](O)[C@@H](N)CO. The molecule has 0 aliphatic rings. The molecule has 0 bridgehead atoms. The lowest BCUT2D eigenvalue weighted by Gasteiger charge is -2.11. The van der Waals surface area contributed by atoms with Gasteiger partial charge in [0.05, 0.1) is 18.8 Å². The summed E-state index contributed by atoms with van der Waals surface area (Å²) in [4.78, 5) is 2.51. The summed E-state index contributed by atoms with van der Waals surface area (Å²) in [6.45, 7) is -0.112. The van der Waals surface area contributed by atoms with E-state index in [-0.39, 0.29) is 13.2 Å². The molecule has 0 spiro atoms. The van der Waals surface area contributed by atoms with Crippen LogP contribution in [0, 0.1) is 0 Å². The van der Waals surface area contributed by atoms with Crippen molar-refractivity contribution in [2.24, 2.45) is 10.8 Å². The molecule has 68 valence electrons. The number of hydrogen-bond acceptors (Lipinski definition) is 4. The van der Waals surface area contributed by atoms with Crippen molar-refractivity contribution in [1.82, 2.24) is 0 Å². The summed E-state index contributed by atoms with van der Waals surface area (Å²) in [6, 6.07) is -0.688. The third-order valence-corrected chi connectivity index (χ3v) is 1.23. The predicted molar refractivity (Wildman–Crippen MR) is 44.2 cm³/mol. The van der Waals surface area contributed by atoms with Gasteiger partial charge in [-0.05, 0) is 5.53 Å². The molecule has 0 fully saturated rings. The summed E-state index contributed by atoms with van der Waals surface area (Å²) in [5.74, 6) is 0. The number of azide groups is 1. The molecule has 0 heterocycles. The van der Waals surface area contributed by atoms with Crippen molar-refractivity contribution in [3.63, 3.8) is 0 Å². The van der Waals surface area contributed by atoms with Crippen LogP contribution in [0.4, 0.5) is 0 Å². The summed E-state index contributed by atoms with van der Waals surface area (Å²) in [5, 5.41) is 20.8. The Bertz CT molecular complexity index is 188. The average Bonchev–Trinajstić information content (AvgIpc) is 2.10. The Morgan fingerprint density at radius 1 is 1.67 bits per heavy atom. The second-order valence-corrected chi connectivity index (χ2v) is 2.18. The number of aliphatic hydroxyl groups is 2. The molecule has 0 aliphatic carbocycles. The van der Waals surface area contributed by atoms with Gasteiger partial charge in [-0.2, -0.15) is 0 Å². The molecule has 0 aliphatic heterocycles. The number of aliphatic hydroxyl groups excluding tert-OH is 2. The minimum absolute atomic E-state index is 0.172. The van der Waals surface area contributed by atoms with Gasteiger partial charge in [0.2, 0.25) is 0 Å². The van der Waals surface area contributed by atoms with E-state index in [9.17, 15) is 0 Å². The van der Waals surface area contributed by atoms with Crippen LogP contribution in [0.3, 0.4) is 0 Å². The van der Waals surface area contributed by atoms with Crippen molar-refractivity contribution < 1.29 is 10.2 Å². The molecule has 0 aromatic carbocycles. The van der Waals surface area contributed by atoms with Crippen molar-refractivity contribution in [2.45, 2.75) is 12.1 Å². The Kier molecular flexibility index (Phi) is 6.04. The van der Waals surface area contributed by atoms with Crippen LogP contribution in [-0.4, -0.2) is 35.5 Å². The fourth-order valence-corrected chi connectivity index (χ4v) is 0.535. The Morgan fingerprint density at radius 3 is 2.83 bits per heavy atom. The predicted octanol–water partition coefficient (Wildman–Crippen LogP) is -0.467. The molecule has 0 aromatic rings. The average molecular weight is 172 g/mol. The van der Waals surface area contributed by atoms with E-state index >= 15 is 0 Å². The van der Waals surface area contributed by atoms with Gasteiger partial charge in [-0.25, -0.2) is 0 Å². The third kappa shape index (κ3) is 4.70. The summed E-state index contributed by atoms with van der Waals surface area (Å²) < 4.78 is 0. The summed E-state index contributed by atoms with van der Waals surface area (Å²) in [6.07, 6.45) is 1.97. The first kappa shape index (κ1) is 10.9. The van der Waals surface area contributed by atoms with Crippen LogP contribution >= 0.6 is 0 Å². The molecule has 0 rings (SSSR count). The molecule has 6 nitrogen and oxygen atoms in total. The normalized spacial score (nSPS) is 15.6. The maximum atomic E-state index is 9.11. The fourth-order valence-electron chi connectivity index (χ4n) is 0.535.